The zero-order valence-electron chi connectivity index (χ0n) is 11.5. The van der Waals surface area contributed by atoms with Gasteiger partial charge in [-0.25, -0.2) is 4.98 Å². The quantitative estimate of drug-likeness (QED) is 0.886. The molecule has 1 aliphatic rings. The lowest BCUT2D eigenvalue weighted by Crippen LogP contribution is -2.32. The number of nitrogens with zero attached hydrogens (tertiary/aromatic N) is 4. The number of rotatable bonds is 2. The van der Waals surface area contributed by atoms with E-state index in [2.05, 4.69) is 10.1 Å². The second kappa shape index (κ2) is 4.99. The van der Waals surface area contributed by atoms with Gasteiger partial charge in [-0.1, -0.05) is 0 Å². The Morgan fingerprint density at radius 1 is 1.50 bits per heavy atom. The highest BCUT2D eigenvalue weighted by Crippen LogP contribution is 2.28. The number of carbonyl (C=O) groups is 1. The minimum absolute atomic E-state index is 0.0325. The molecule has 3 heterocycles. The molecular formula is C13H17N5OS. The number of aryl methyl sites for hydroxylation is 2. The molecular weight excluding hydrogens is 274 g/mol. The van der Waals surface area contributed by atoms with Gasteiger partial charge < -0.3 is 10.6 Å². The predicted octanol–water partition coefficient (Wildman–Crippen LogP) is 0.752. The molecule has 20 heavy (non-hydrogen) atoms. The average molecular weight is 291 g/mol. The fourth-order valence-electron chi connectivity index (χ4n) is 2.71. The molecule has 6 nitrogen and oxygen atoms in total. The van der Waals surface area contributed by atoms with Gasteiger partial charge >= 0.3 is 0 Å². The molecule has 1 saturated heterocycles. The molecule has 2 atom stereocenters. The molecule has 0 bridgehead atoms. The summed E-state index contributed by atoms with van der Waals surface area (Å²) < 4.78 is 1.83. The lowest BCUT2D eigenvalue weighted by molar-refractivity contribution is 0.0792. The lowest BCUT2D eigenvalue weighted by atomic mass is 10.0. The van der Waals surface area contributed by atoms with Gasteiger partial charge in [0.25, 0.3) is 5.91 Å². The van der Waals surface area contributed by atoms with Crippen molar-refractivity contribution in [3.8, 4) is 0 Å². The van der Waals surface area contributed by atoms with Crippen LogP contribution < -0.4 is 5.73 Å². The number of amides is 1. The van der Waals surface area contributed by atoms with Crippen LogP contribution in [0.3, 0.4) is 0 Å². The molecule has 2 N–H and O–H groups in total. The van der Waals surface area contributed by atoms with Gasteiger partial charge in [0.2, 0.25) is 0 Å². The average Bonchev–Trinajstić information content (AvgIpc) is 3.09. The van der Waals surface area contributed by atoms with Gasteiger partial charge in [0, 0.05) is 44.0 Å². The maximum absolute atomic E-state index is 12.5. The smallest absolute Gasteiger partial charge is 0.265 e. The van der Waals surface area contributed by atoms with E-state index < -0.39 is 0 Å². The van der Waals surface area contributed by atoms with Gasteiger partial charge in [-0.05, 0) is 13.0 Å². The summed E-state index contributed by atoms with van der Waals surface area (Å²) >= 11 is 1.39. The summed E-state index contributed by atoms with van der Waals surface area (Å²) in [6, 6.07) is 1.92. The lowest BCUT2D eigenvalue weighted by Gasteiger charge is -2.15. The molecule has 0 saturated carbocycles. The maximum atomic E-state index is 12.5. The Morgan fingerprint density at radius 2 is 2.30 bits per heavy atom. The molecule has 3 rings (SSSR count). The number of likely N-dealkylation sites (tertiary alicyclic amines) is 1. The van der Waals surface area contributed by atoms with Crippen molar-refractivity contribution in [3.05, 3.63) is 34.0 Å². The molecule has 1 aliphatic heterocycles. The van der Waals surface area contributed by atoms with Gasteiger partial charge in [-0.3, -0.25) is 9.48 Å². The van der Waals surface area contributed by atoms with Gasteiger partial charge in [0.05, 0.1) is 11.2 Å². The van der Waals surface area contributed by atoms with E-state index in [4.69, 9.17) is 5.73 Å². The van der Waals surface area contributed by atoms with Crippen molar-refractivity contribution >= 4 is 17.2 Å². The van der Waals surface area contributed by atoms with Crippen LogP contribution in [0.1, 0.15) is 27.0 Å². The fraction of sp³-hybridized carbons (Fsp3) is 0.462. The normalized spacial score (nSPS) is 22.4. The summed E-state index contributed by atoms with van der Waals surface area (Å²) in [6.07, 6.45) is 1.76. The molecule has 1 amide bonds. The SMILES string of the molecule is Cc1ncsc1C(=O)N1C[C@@H](N)[C@H](c2ccnn2C)C1. The number of carbonyl (C=O) groups excluding carboxylic acids is 1. The second-order valence-electron chi connectivity index (χ2n) is 5.13. The summed E-state index contributed by atoms with van der Waals surface area (Å²) in [5.74, 6) is 0.171. The van der Waals surface area contributed by atoms with Crippen LogP contribution in [0.25, 0.3) is 0 Å². The second-order valence-corrected chi connectivity index (χ2v) is 5.98. The highest BCUT2D eigenvalue weighted by Gasteiger charge is 2.36. The minimum atomic E-state index is -0.0532. The number of aromatic nitrogens is 3. The number of hydrogen-bond acceptors (Lipinski definition) is 5. The highest BCUT2D eigenvalue weighted by atomic mass is 32.1. The molecule has 0 spiro atoms. The van der Waals surface area contributed by atoms with Crippen LogP contribution in [0.15, 0.2) is 17.8 Å². The Bertz CT molecular complexity index is 634. The fourth-order valence-corrected chi connectivity index (χ4v) is 3.48. The van der Waals surface area contributed by atoms with Crippen molar-refractivity contribution in [2.45, 2.75) is 18.9 Å². The van der Waals surface area contributed by atoms with Gasteiger partial charge in [-0.2, -0.15) is 5.10 Å². The zero-order chi connectivity index (χ0) is 14.3. The molecule has 0 aliphatic carbocycles. The predicted molar refractivity (Wildman–Crippen MR) is 76.7 cm³/mol. The molecule has 106 valence electrons. The third-order valence-electron chi connectivity index (χ3n) is 3.83. The van der Waals surface area contributed by atoms with Crippen LogP contribution in [0, 0.1) is 6.92 Å². The third-order valence-corrected chi connectivity index (χ3v) is 4.75. The Kier molecular flexibility index (Phi) is 3.31. The number of nitrogens with two attached hydrogens (primary N) is 1. The van der Waals surface area contributed by atoms with E-state index in [0.29, 0.717) is 18.0 Å². The molecule has 1 fully saturated rings. The van der Waals surface area contributed by atoms with Crippen LogP contribution in [0.4, 0.5) is 0 Å². The summed E-state index contributed by atoms with van der Waals surface area (Å²) in [6.45, 7) is 3.07. The topological polar surface area (TPSA) is 77.0 Å². The Balaban J connectivity index is 1.80. The molecule has 2 aromatic rings. The number of thiazole rings is 1. The van der Waals surface area contributed by atoms with Crippen molar-refractivity contribution in [1.29, 1.82) is 0 Å². The van der Waals surface area contributed by atoms with E-state index in [0.717, 1.165) is 11.4 Å². The van der Waals surface area contributed by atoms with E-state index in [9.17, 15) is 4.79 Å². The molecule has 0 aromatic carbocycles. The van der Waals surface area contributed by atoms with Gasteiger partial charge in [0.15, 0.2) is 0 Å². The first-order valence-electron chi connectivity index (χ1n) is 6.50. The summed E-state index contributed by atoms with van der Waals surface area (Å²) in [5.41, 5.74) is 9.78. The Labute approximate surface area is 121 Å². The van der Waals surface area contributed by atoms with Crippen molar-refractivity contribution in [3.63, 3.8) is 0 Å². The van der Waals surface area contributed by atoms with Crippen molar-refractivity contribution in [2.75, 3.05) is 13.1 Å². The van der Waals surface area contributed by atoms with Crippen molar-refractivity contribution in [2.24, 2.45) is 12.8 Å². The Morgan fingerprint density at radius 3 is 2.90 bits per heavy atom. The summed E-state index contributed by atoms with van der Waals surface area (Å²) in [5, 5.41) is 4.18. The van der Waals surface area contributed by atoms with E-state index in [1.165, 1.54) is 11.3 Å². The van der Waals surface area contributed by atoms with Crippen LogP contribution in [-0.2, 0) is 7.05 Å². The van der Waals surface area contributed by atoms with Crippen LogP contribution in [-0.4, -0.2) is 44.7 Å². The Hall–Kier alpha value is -1.73. The summed E-state index contributed by atoms with van der Waals surface area (Å²) in [4.78, 5) is 19.2. The van der Waals surface area contributed by atoms with E-state index in [1.54, 1.807) is 11.7 Å². The minimum Gasteiger partial charge on any atom is -0.336 e. The zero-order valence-corrected chi connectivity index (χ0v) is 12.3. The van der Waals surface area contributed by atoms with Gasteiger partial charge in [-0.15, -0.1) is 11.3 Å². The van der Waals surface area contributed by atoms with Gasteiger partial charge in [0.1, 0.15) is 4.88 Å². The van der Waals surface area contributed by atoms with E-state index in [-0.39, 0.29) is 17.9 Å². The van der Waals surface area contributed by atoms with Crippen LogP contribution in [0.2, 0.25) is 0 Å². The van der Waals surface area contributed by atoms with Crippen molar-refractivity contribution in [1.82, 2.24) is 19.7 Å². The first kappa shape index (κ1) is 13.3. The van der Waals surface area contributed by atoms with E-state index >= 15 is 0 Å². The molecule has 0 radical (unpaired) electrons. The standard InChI is InChI=1S/C13H17N5OS/c1-8-12(20-7-15-8)13(19)18-5-9(10(14)6-18)11-3-4-16-17(11)2/h3-4,7,9-10H,5-6,14H2,1-2H3/t9-,10-/m1/s1. The van der Waals surface area contributed by atoms with Crippen molar-refractivity contribution < 1.29 is 4.79 Å². The van der Waals surface area contributed by atoms with E-state index in [1.807, 2.05) is 29.6 Å². The first-order valence-corrected chi connectivity index (χ1v) is 7.38. The molecule has 7 heteroatoms. The monoisotopic (exact) mass is 291 g/mol. The molecule has 2 aromatic heterocycles. The number of hydrogen-bond donors (Lipinski definition) is 1. The first-order chi connectivity index (χ1) is 9.58. The molecule has 0 unspecified atom stereocenters. The largest absolute Gasteiger partial charge is 0.336 e. The third kappa shape index (κ3) is 2.12. The van der Waals surface area contributed by atoms with Crippen LogP contribution >= 0.6 is 11.3 Å². The highest BCUT2D eigenvalue weighted by molar-refractivity contribution is 7.11. The summed E-state index contributed by atoms with van der Waals surface area (Å²) in [7, 11) is 1.90. The van der Waals surface area contributed by atoms with Crippen LogP contribution in [0.5, 0.6) is 0 Å². The maximum Gasteiger partial charge on any atom is 0.265 e.